The van der Waals surface area contributed by atoms with Gasteiger partial charge in [-0.05, 0) is 102 Å². The van der Waals surface area contributed by atoms with Crippen LogP contribution in [0.15, 0.2) is 0 Å². The minimum atomic E-state index is -6.27. The molecule has 0 rings (SSSR count). The summed E-state index contributed by atoms with van der Waals surface area (Å²) in [5.41, 5.74) is 0. The zero-order valence-electron chi connectivity index (χ0n) is 41.7. The van der Waals surface area contributed by atoms with E-state index in [4.69, 9.17) is 34.8 Å². The fourth-order valence-electron chi connectivity index (χ4n) is 8.30. The van der Waals surface area contributed by atoms with E-state index in [1.165, 1.54) is 0 Å². The first-order chi connectivity index (χ1) is 29.4. The normalized spacial score (nSPS) is 14.9. The molecule has 64 heavy (non-hydrogen) atoms. The van der Waals surface area contributed by atoms with Crippen molar-refractivity contribution in [3.8, 4) is 0 Å². The number of amides is 1. The van der Waals surface area contributed by atoms with Crippen molar-refractivity contribution in [3.63, 3.8) is 0 Å². The molecule has 0 bridgehead atoms. The van der Waals surface area contributed by atoms with Crippen LogP contribution in [0.5, 0.6) is 0 Å². The number of rotatable bonds is 38. The summed E-state index contributed by atoms with van der Waals surface area (Å²) in [6, 6.07) is 4.17. The number of hydrogen-bond donors (Lipinski definition) is 0. The zero-order chi connectivity index (χ0) is 49.6. The standard InChI is InChI=1S/C40H86F7NO10Si6/c1-50-63(51-2,52-3)35-25-21-17-15-19-23-31-59(7,8)57-61(11,12)33-27-29-48(37(49)38(41,39(42,43)44)56-40(45,46)47)30-28-34-62(13,14)58-60(9,10)32-24-20-16-18-22-26-36-64(53-4,54-5)55-6/h15-36H2,1-14H3. The first kappa shape index (κ1) is 63.9. The highest BCUT2D eigenvalue weighted by Crippen LogP contribution is 2.41. The molecule has 0 heterocycles. The molecule has 24 heteroatoms. The topological polar surface area (TPSA) is 103 Å². The third-order valence-electron chi connectivity index (χ3n) is 11.6. The van der Waals surface area contributed by atoms with Crippen LogP contribution in [0, 0.1) is 0 Å². The summed E-state index contributed by atoms with van der Waals surface area (Å²) in [5.74, 6) is -7.99. The summed E-state index contributed by atoms with van der Waals surface area (Å²) in [6.45, 7) is 15.7. The maximum Gasteiger partial charge on any atom is 0.525 e. The molecule has 384 valence electrons. The fourth-order valence-corrected chi connectivity index (χ4v) is 29.7. The molecule has 0 fully saturated rings. The van der Waals surface area contributed by atoms with E-state index in [-0.39, 0.29) is 25.9 Å². The summed E-state index contributed by atoms with van der Waals surface area (Å²) in [5, 5.41) is 0. The zero-order valence-corrected chi connectivity index (χ0v) is 47.7. The minimum absolute atomic E-state index is 0.127. The van der Waals surface area contributed by atoms with Gasteiger partial charge in [-0.25, -0.2) is 4.74 Å². The Balaban J connectivity index is 5.40. The summed E-state index contributed by atoms with van der Waals surface area (Å²) in [7, 11) is -4.71. The molecular formula is C40H86F7NO10Si6. The SMILES string of the molecule is CO[Si](CCCCCCCC[Si](C)(C)O[Si](C)(C)CCCN(CCC[Si](C)(C)O[Si](C)(C)CCCCCCCC[Si](OC)(OC)OC)C(=O)C(F)(OC(F)(F)F)C(F)(F)F)(OC)OC. The molecule has 0 N–H and O–H groups in total. The predicted octanol–water partition coefficient (Wildman–Crippen LogP) is 12.7. The first-order valence-electron chi connectivity index (χ1n) is 22.9. The molecule has 0 saturated heterocycles. The van der Waals surface area contributed by atoms with Crippen LogP contribution < -0.4 is 0 Å². The second kappa shape index (κ2) is 29.2. The Morgan fingerprint density at radius 3 is 0.906 bits per heavy atom. The molecule has 0 aliphatic heterocycles. The maximum atomic E-state index is 15.4. The van der Waals surface area contributed by atoms with Gasteiger partial charge in [0.15, 0.2) is 33.3 Å². The van der Waals surface area contributed by atoms with Crippen molar-refractivity contribution < 1.29 is 75.1 Å². The van der Waals surface area contributed by atoms with Crippen LogP contribution in [-0.4, -0.2) is 136 Å². The summed E-state index contributed by atoms with van der Waals surface area (Å²) < 4.78 is 146. The quantitative estimate of drug-likeness (QED) is 0.0337. The van der Waals surface area contributed by atoms with E-state index in [0.717, 1.165) is 101 Å². The van der Waals surface area contributed by atoms with Gasteiger partial charge < -0.3 is 39.7 Å². The number of carbonyl (C=O) groups excluding carboxylic acids is 1. The van der Waals surface area contributed by atoms with E-state index >= 15 is 4.39 Å². The van der Waals surface area contributed by atoms with E-state index in [2.05, 4.69) is 30.9 Å². The van der Waals surface area contributed by atoms with Crippen molar-refractivity contribution in [3.05, 3.63) is 0 Å². The number of halogens is 7. The van der Waals surface area contributed by atoms with Gasteiger partial charge in [0.1, 0.15) is 0 Å². The molecule has 0 aromatic carbocycles. The number of unbranched alkanes of at least 4 members (excludes halogenated alkanes) is 10. The van der Waals surface area contributed by atoms with Crippen molar-refractivity contribution in [1.29, 1.82) is 0 Å². The van der Waals surface area contributed by atoms with Gasteiger partial charge >= 0.3 is 36.0 Å². The van der Waals surface area contributed by atoms with Crippen molar-refractivity contribution >= 4 is 56.8 Å². The fraction of sp³-hybridized carbons (Fsp3) is 0.975. The Morgan fingerprint density at radius 1 is 0.406 bits per heavy atom. The van der Waals surface area contributed by atoms with Crippen LogP contribution in [0.2, 0.25) is 88.6 Å². The minimum Gasteiger partial charge on any atom is -0.455 e. The molecule has 1 amide bonds. The van der Waals surface area contributed by atoms with Gasteiger partial charge in [-0.2, -0.15) is 17.6 Å². The van der Waals surface area contributed by atoms with Crippen molar-refractivity contribution in [2.75, 3.05) is 55.7 Å². The average molecular weight is 1040 g/mol. The number of ether oxygens (including phenoxy) is 1. The lowest BCUT2D eigenvalue weighted by Crippen LogP contribution is -2.59. The van der Waals surface area contributed by atoms with Crippen molar-refractivity contribution in [2.24, 2.45) is 0 Å². The summed E-state index contributed by atoms with van der Waals surface area (Å²) in [4.78, 5) is 13.8. The summed E-state index contributed by atoms with van der Waals surface area (Å²) in [6.07, 6.45) is 0.240. The largest absolute Gasteiger partial charge is 0.525 e. The number of carbonyl (C=O) groups is 1. The van der Waals surface area contributed by atoms with E-state index in [1.807, 2.05) is 26.2 Å². The highest BCUT2D eigenvalue weighted by molar-refractivity contribution is 6.85. The van der Waals surface area contributed by atoms with Crippen LogP contribution in [0.25, 0.3) is 0 Å². The molecule has 0 aromatic heterocycles. The van der Waals surface area contributed by atoms with Crippen molar-refractivity contribution in [2.45, 2.75) is 197 Å². The van der Waals surface area contributed by atoms with Gasteiger partial charge in [-0.15, -0.1) is 13.2 Å². The van der Waals surface area contributed by atoms with Crippen LogP contribution in [-0.2, 0) is 44.3 Å². The lowest BCUT2D eigenvalue weighted by Gasteiger charge is -2.36. The second-order valence-electron chi connectivity index (χ2n) is 19.2. The molecule has 1 atom stereocenters. The van der Waals surface area contributed by atoms with Crippen LogP contribution in [0.3, 0.4) is 0 Å². The lowest BCUT2D eigenvalue weighted by molar-refractivity contribution is -0.434. The van der Waals surface area contributed by atoms with Gasteiger partial charge in [0.25, 0.3) is 5.91 Å². The molecule has 1 unspecified atom stereocenters. The van der Waals surface area contributed by atoms with E-state index in [9.17, 15) is 31.1 Å². The second-order valence-corrected chi connectivity index (χ2v) is 43.1. The summed E-state index contributed by atoms with van der Waals surface area (Å²) >= 11 is 0. The average Bonchev–Trinajstić information content (AvgIpc) is 3.17. The Morgan fingerprint density at radius 2 is 0.656 bits per heavy atom. The molecule has 0 aromatic rings. The Kier molecular flexibility index (Phi) is 29.1. The number of nitrogens with zero attached hydrogens (tertiary/aromatic N) is 1. The molecule has 0 aliphatic rings. The Bertz CT molecular complexity index is 1200. The monoisotopic (exact) mass is 1040 g/mol. The van der Waals surface area contributed by atoms with E-state index in [1.54, 1.807) is 42.7 Å². The molecule has 0 aliphatic carbocycles. The van der Waals surface area contributed by atoms with Crippen LogP contribution in [0.4, 0.5) is 30.7 Å². The molecule has 0 radical (unpaired) electrons. The molecule has 0 spiro atoms. The third-order valence-corrected chi connectivity index (χ3v) is 32.3. The molecule has 11 nitrogen and oxygen atoms in total. The van der Waals surface area contributed by atoms with Gasteiger partial charge in [0, 0.05) is 67.8 Å². The Hall–Kier alpha value is -0.0787. The predicted molar refractivity (Wildman–Crippen MR) is 253 cm³/mol. The smallest absolute Gasteiger partial charge is 0.455 e. The van der Waals surface area contributed by atoms with Gasteiger partial charge in [-0.1, -0.05) is 64.2 Å². The molecule has 0 saturated carbocycles. The van der Waals surface area contributed by atoms with Crippen LogP contribution in [0.1, 0.15) is 89.9 Å². The third kappa shape index (κ3) is 25.5. The van der Waals surface area contributed by atoms with Gasteiger partial charge in [0.05, 0.1) is 0 Å². The van der Waals surface area contributed by atoms with Crippen molar-refractivity contribution in [1.82, 2.24) is 4.90 Å². The highest BCUT2D eigenvalue weighted by atomic mass is 28.4. The van der Waals surface area contributed by atoms with Gasteiger partial charge in [0.2, 0.25) is 0 Å². The van der Waals surface area contributed by atoms with E-state index < -0.39 is 75.2 Å². The molecular weight excluding hydrogens is 956 g/mol. The number of hydrogen-bond acceptors (Lipinski definition) is 10. The lowest BCUT2D eigenvalue weighted by atomic mass is 10.1. The van der Waals surface area contributed by atoms with E-state index in [0.29, 0.717) is 17.0 Å². The van der Waals surface area contributed by atoms with Gasteiger partial charge in [-0.3, -0.25) is 4.79 Å². The number of alkyl halides is 7. The van der Waals surface area contributed by atoms with Crippen LogP contribution >= 0.6 is 0 Å². The first-order valence-corrected chi connectivity index (χ1v) is 39.2. The maximum absolute atomic E-state index is 15.4. The Labute approximate surface area is 388 Å². The highest BCUT2D eigenvalue weighted by Gasteiger charge is 2.69.